The summed E-state index contributed by atoms with van der Waals surface area (Å²) >= 11 is 0. The first kappa shape index (κ1) is 23.6. The van der Waals surface area contributed by atoms with Crippen LogP contribution in [0.2, 0.25) is 0 Å². The highest BCUT2D eigenvalue weighted by Crippen LogP contribution is 2.55. The van der Waals surface area contributed by atoms with Crippen molar-refractivity contribution in [2.24, 2.45) is 0 Å². The van der Waals surface area contributed by atoms with E-state index in [2.05, 4.69) is 114 Å². The van der Waals surface area contributed by atoms with Gasteiger partial charge in [0, 0.05) is 17.3 Å². The van der Waals surface area contributed by atoms with Crippen molar-refractivity contribution in [1.82, 2.24) is 4.98 Å². The predicted molar refractivity (Wildman–Crippen MR) is 161 cm³/mol. The molecule has 1 spiro atoms. The molecule has 0 unspecified atom stereocenters. The van der Waals surface area contributed by atoms with Crippen LogP contribution in [-0.2, 0) is 31.1 Å². The first-order valence-corrected chi connectivity index (χ1v) is 15.2. The summed E-state index contributed by atoms with van der Waals surface area (Å²) in [5.41, 5.74) is 9.23. The standard InChI is InChI=1S/C36H32NP/c1-3-15-31(16-4-1)38(32-17-5-2-6-18-32)33-19-10-13-29-23-25-36(35(29)33)24-22-28-12-9-11-27(34(28)36)20-21-30-14-7-8-26-37-30/h1-19,26H,20-25H2/t36-/m1/s1. The van der Waals surface area contributed by atoms with Crippen LogP contribution in [0.5, 0.6) is 0 Å². The van der Waals surface area contributed by atoms with E-state index >= 15 is 0 Å². The first-order valence-electron chi connectivity index (χ1n) is 13.9. The van der Waals surface area contributed by atoms with E-state index < -0.39 is 7.92 Å². The molecule has 7 rings (SSSR count). The fraction of sp³-hybridized carbons (Fsp3) is 0.194. The van der Waals surface area contributed by atoms with E-state index in [4.69, 9.17) is 0 Å². The number of aromatic nitrogens is 1. The number of fused-ring (bicyclic) bond motifs is 4. The van der Waals surface area contributed by atoms with Crippen LogP contribution in [0.4, 0.5) is 0 Å². The summed E-state index contributed by atoms with van der Waals surface area (Å²) in [5.74, 6) is 0. The molecule has 2 aliphatic carbocycles. The summed E-state index contributed by atoms with van der Waals surface area (Å²) in [7, 11) is -0.644. The molecule has 1 heterocycles. The highest BCUT2D eigenvalue weighted by Gasteiger charge is 2.47. The lowest BCUT2D eigenvalue weighted by atomic mass is 9.74. The molecular weight excluding hydrogens is 477 g/mol. The van der Waals surface area contributed by atoms with Crippen LogP contribution in [0.25, 0.3) is 0 Å². The maximum Gasteiger partial charge on any atom is 0.0406 e. The van der Waals surface area contributed by atoms with Gasteiger partial charge in [-0.2, -0.15) is 0 Å². The van der Waals surface area contributed by atoms with Gasteiger partial charge in [0.2, 0.25) is 0 Å². The van der Waals surface area contributed by atoms with Crippen molar-refractivity contribution in [2.45, 2.75) is 43.9 Å². The highest BCUT2D eigenvalue weighted by molar-refractivity contribution is 7.79. The molecule has 2 heteroatoms. The van der Waals surface area contributed by atoms with Crippen LogP contribution in [0, 0.1) is 0 Å². The number of hydrogen-bond acceptors (Lipinski definition) is 1. The summed E-state index contributed by atoms with van der Waals surface area (Å²) < 4.78 is 0. The third kappa shape index (κ3) is 4.01. The number of rotatable bonds is 6. The van der Waals surface area contributed by atoms with Gasteiger partial charge in [0.1, 0.15) is 0 Å². The van der Waals surface area contributed by atoms with E-state index in [1.165, 1.54) is 47.5 Å². The summed E-state index contributed by atoms with van der Waals surface area (Å²) in [5, 5.41) is 4.43. The molecule has 1 atom stereocenters. The molecule has 0 saturated heterocycles. The van der Waals surface area contributed by atoms with Crippen LogP contribution < -0.4 is 15.9 Å². The lowest BCUT2D eigenvalue weighted by Crippen LogP contribution is -2.32. The van der Waals surface area contributed by atoms with Crippen molar-refractivity contribution >= 4 is 23.8 Å². The molecule has 186 valence electrons. The zero-order valence-electron chi connectivity index (χ0n) is 21.7. The van der Waals surface area contributed by atoms with Gasteiger partial charge in [-0.15, -0.1) is 0 Å². The molecule has 4 aromatic carbocycles. The largest absolute Gasteiger partial charge is 0.261 e. The van der Waals surface area contributed by atoms with E-state index in [0.29, 0.717) is 0 Å². The number of aryl methyl sites for hydroxylation is 4. The second-order valence-corrected chi connectivity index (χ2v) is 12.9. The second-order valence-electron chi connectivity index (χ2n) is 10.7. The Morgan fingerprint density at radius 2 is 1.21 bits per heavy atom. The molecule has 0 radical (unpaired) electrons. The quantitative estimate of drug-likeness (QED) is 0.229. The van der Waals surface area contributed by atoms with Crippen molar-refractivity contribution in [1.29, 1.82) is 0 Å². The zero-order chi connectivity index (χ0) is 25.4. The molecule has 0 saturated carbocycles. The van der Waals surface area contributed by atoms with Crippen LogP contribution in [0.3, 0.4) is 0 Å². The predicted octanol–water partition coefficient (Wildman–Crippen LogP) is 6.80. The van der Waals surface area contributed by atoms with Gasteiger partial charge in [-0.05, 0) is 102 Å². The van der Waals surface area contributed by atoms with Gasteiger partial charge < -0.3 is 0 Å². The van der Waals surface area contributed by atoms with Crippen LogP contribution in [-0.4, -0.2) is 4.98 Å². The average molecular weight is 510 g/mol. The average Bonchev–Trinajstić information content (AvgIpc) is 3.56. The van der Waals surface area contributed by atoms with E-state index in [9.17, 15) is 0 Å². The van der Waals surface area contributed by atoms with E-state index in [1.807, 2.05) is 12.3 Å². The maximum absolute atomic E-state index is 4.62. The van der Waals surface area contributed by atoms with Gasteiger partial charge in [0.05, 0.1) is 0 Å². The Morgan fingerprint density at radius 3 is 1.87 bits per heavy atom. The molecule has 0 aliphatic heterocycles. The van der Waals surface area contributed by atoms with Crippen molar-refractivity contribution in [3.8, 4) is 0 Å². The van der Waals surface area contributed by atoms with E-state index in [1.54, 1.807) is 27.6 Å². The fourth-order valence-electron chi connectivity index (χ4n) is 7.05. The highest BCUT2D eigenvalue weighted by atomic mass is 31.1. The third-order valence-corrected chi connectivity index (χ3v) is 11.1. The summed E-state index contributed by atoms with van der Waals surface area (Å²) in [4.78, 5) is 4.62. The van der Waals surface area contributed by atoms with Gasteiger partial charge in [-0.25, -0.2) is 0 Å². The van der Waals surface area contributed by atoms with Crippen molar-refractivity contribution in [3.05, 3.63) is 155 Å². The van der Waals surface area contributed by atoms with Crippen molar-refractivity contribution < 1.29 is 0 Å². The first-order chi connectivity index (χ1) is 18.8. The minimum atomic E-state index is -0.644. The molecule has 38 heavy (non-hydrogen) atoms. The Morgan fingerprint density at radius 1 is 0.579 bits per heavy atom. The normalized spacial score (nSPS) is 17.6. The number of nitrogens with zero attached hydrogens (tertiary/aromatic N) is 1. The Labute approximate surface area is 227 Å². The molecule has 2 aliphatic rings. The van der Waals surface area contributed by atoms with Gasteiger partial charge in [-0.3, -0.25) is 4.98 Å². The molecule has 0 amide bonds. The Balaban J connectivity index is 1.38. The summed E-state index contributed by atoms with van der Waals surface area (Å²) in [6.45, 7) is 0. The smallest absolute Gasteiger partial charge is 0.0406 e. The van der Waals surface area contributed by atoms with Crippen molar-refractivity contribution in [3.63, 3.8) is 0 Å². The summed E-state index contributed by atoms with van der Waals surface area (Å²) in [6.07, 6.45) is 8.74. The van der Waals surface area contributed by atoms with E-state index in [-0.39, 0.29) is 5.41 Å². The summed E-state index contributed by atoms with van der Waals surface area (Å²) in [6, 6.07) is 42.9. The molecule has 1 nitrogen and oxygen atoms in total. The molecule has 0 fully saturated rings. The molecule has 5 aromatic rings. The Bertz CT molecular complexity index is 1520. The number of pyridine rings is 1. The molecule has 0 N–H and O–H groups in total. The minimum absolute atomic E-state index is 0.117. The fourth-order valence-corrected chi connectivity index (χ4v) is 9.67. The topological polar surface area (TPSA) is 12.9 Å². The zero-order valence-corrected chi connectivity index (χ0v) is 22.6. The van der Waals surface area contributed by atoms with Crippen LogP contribution in [0.15, 0.2) is 121 Å². The monoisotopic (exact) mass is 509 g/mol. The molecule has 0 bridgehead atoms. The van der Waals surface area contributed by atoms with Gasteiger partial charge in [-0.1, -0.05) is 103 Å². The maximum atomic E-state index is 4.62. The lowest BCUT2D eigenvalue weighted by Gasteiger charge is -2.33. The SMILES string of the molecule is c1ccc(P(c2ccccc2)c2cccc3c2[C@]2(CCc4cccc(CCc5ccccn5)c42)CC3)cc1. The number of benzene rings is 4. The van der Waals surface area contributed by atoms with Gasteiger partial charge in [0.25, 0.3) is 0 Å². The van der Waals surface area contributed by atoms with E-state index in [0.717, 1.165) is 12.8 Å². The number of hydrogen-bond donors (Lipinski definition) is 0. The van der Waals surface area contributed by atoms with Gasteiger partial charge >= 0.3 is 0 Å². The second kappa shape index (κ2) is 9.97. The Kier molecular flexibility index (Phi) is 6.18. The van der Waals surface area contributed by atoms with Crippen molar-refractivity contribution in [2.75, 3.05) is 0 Å². The van der Waals surface area contributed by atoms with Gasteiger partial charge in [0.15, 0.2) is 0 Å². The molecular formula is C36H32NP. The Hall–Kier alpha value is -3.54. The molecule has 1 aromatic heterocycles. The minimum Gasteiger partial charge on any atom is -0.261 e. The third-order valence-electron chi connectivity index (χ3n) is 8.61. The van der Waals surface area contributed by atoms with Crippen LogP contribution in [0.1, 0.15) is 46.4 Å². The lowest BCUT2D eigenvalue weighted by molar-refractivity contribution is 0.505. The van der Waals surface area contributed by atoms with Crippen LogP contribution >= 0.6 is 7.92 Å².